The minimum absolute atomic E-state index is 0.0108. The number of nitrogens with zero attached hydrogens (tertiary/aromatic N) is 1. The average Bonchev–Trinajstić information content (AvgIpc) is 3.25. The molecule has 1 N–H and O–H groups in total. The molecular weight excluding hydrogens is 310 g/mol. The van der Waals surface area contributed by atoms with E-state index in [1.807, 2.05) is 34.5 Å². The van der Waals surface area contributed by atoms with Gasteiger partial charge in [-0.15, -0.1) is 11.3 Å². The minimum Gasteiger partial charge on any atom is -0.496 e. The van der Waals surface area contributed by atoms with Crippen LogP contribution in [0, 0.1) is 0 Å². The minimum atomic E-state index is -0.508. The number of likely N-dealkylation sites (tertiary alicyclic amines) is 1. The zero-order valence-corrected chi connectivity index (χ0v) is 14.0. The Morgan fingerprint density at radius 2 is 2.22 bits per heavy atom. The summed E-state index contributed by atoms with van der Waals surface area (Å²) in [5.74, 6) is 0.588. The highest BCUT2D eigenvalue weighted by molar-refractivity contribution is 7.10. The smallest absolute Gasteiger partial charge is 0.257 e. The lowest BCUT2D eigenvalue weighted by molar-refractivity contribution is 0.0667. The highest BCUT2D eigenvalue weighted by Crippen LogP contribution is 2.31. The third-order valence-electron chi connectivity index (χ3n) is 4.34. The van der Waals surface area contributed by atoms with Crippen molar-refractivity contribution >= 4 is 17.2 Å². The number of thiophene rings is 1. The Balaban J connectivity index is 1.74. The molecule has 1 amide bonds. The van der Waals surface area contributed by atoms with Gasteiger partial charge in [-0.25, -0.2) is 0 Å². The number of aliphatic hydroxyl groups is 1. The fourth-order valence-electron chi connectivity index (χ4n) is 3.18. The summed E-state index contributed by atoms with van der Waals surface area (Å²) in [7, 11) is 1.58. The van der Waals surface area contributed by atoms with Crippen LogP contribution in [0.3, 0.4) is 0 Å². The predicted molar refractivity (Wildman–Crippen MR) is 90.9 cm³/mol. The number of rotatable bonds is 5. The lowest BCUT2D eigenvalue weighted by Gasteiger charge is -2.27. The van der Waals surface area contributed by atoms with Crippen molar-refractivity contribution in [3.63, 3.8) is 0 Å². The molecule has 5 heteroatoms. The van der Waals surface area contributed by atoms with Crippen molar-refractivity contribution < 1.29 is 14.6 Å². The molecule has 0 radical (unpaired) electrons. The first-order valence-electron chi connectivity index (χ1n) is 7.86. The van der Waals surface area contributed by atoms with Gasteiger partial charge in [0.1, 0.15) is 5.75 Å². The summed E-state index contributed by atoms with van der Waals surface area (Å²) in [5, 5.41) is 12.4. The molecule has 3 rings (SSSR count). The summed E-state index contributed by atoms with van der Waals surface area (Å²) in [6, 6.07) is 11.3. The highest BCUT2D eigenvalue weighted by atomic mass is 32.1. The summed E-state index contributed by atoms with van der Waals surface area (Å²) in [5.41, 5.74) is 0.590. The number of aliphatic hydroxyl groups excluding tert-OH is 1. The van der Waals surface area contributed by atoms with E-state index >= 15 is 0 Å². The van der Waals surface area contributed by atoms with Gasteiger partial charge in [-0.2, -0.15) is 0 Å². The van der Waals surface area contributed by atoms with Crippen LogP contribution >= 0.6 is 11.3 Å². The van der Waals surface area contributed by atoms with Gasteiger partial charge in [-0.3, -0.25) is 4.79 Å². The molecule has 2 atom stereocenters. The van der Waals surface area contributed by atoms with E-state index in [0.717, 1.165) is 24.3 Å². The second kappa shape index (κ2) is 7.15. The molecule has 0 saturated carbocycles. The van der Waals surface area contributed by atoms with Crippen molar-refractivity contribution in [2.75, 3.05) is 13.7 Å². The number of carbonyl (C=O) groups excluding carboxylic acids is 1. The van der Waals surface area contributed by atoms with Gasteiger partial charge in [-0.05, 0) is 42.8 Å². The molecule has 0 spiro atoms. The number of carbonyl (C=O) groups is 1. The maximum atomic E-state index is 12.9. The molecule has 122 valence electrons. The lowest BCUT2D eigenvalue weighted by Crippen LogP contribution is -2.36. The van der Waals surface area contributed by atoms with Crippen LogP contribution in [0.4, 0.5) is 0 Å². The van der Waals surface area contributed by atoms with E-state index in [-0.39, 0.29) is 11.9 Å². The summed E-state index contributed by atoms with van der Waals surface area (Å²) in [6.07, 6.45) is 1.99. The van der Waals surface area contributed by atoms with Gasteiger partial charge in [0, 0.05) is 17.5 Å². The third-order valence-corrected chi connectivity index (χ3v) is 5.32. The molecule has 1 aromatic carbocycles. The topological polar surface area (TPSA) is 49.8 Å². The Morgan fingerprint density at radius 1 is 1.39 bits per heavy atom. The van der Waals surface area contributed by atoms with Gasteiger partial charge in [-0.1, -0.05) is 18.2 Å². The van der Waals surface area contributed by atoms with Gasteiger partial charge in [0.15, 0.2) is 0 Å². The summed E-state index contributed by atoms with van der Waals surface area (Å²) in [6.45, 7) is 0.735. The van der Waals surface area contributed by atoms with Gasteiger partial charge in [0.25, 0.3) is 5.91 Å². The van der Waals surface area contributed by atoms with Gasteiger partial charge >= 0.3 is 0 Å². The predicted octanol–water partition coefficient (Wildman–Crippen LogP) is 3.49. The lowest BCUT2D eigenvalue weighted by atomic mass is 10.0. The fraction of sp³-hybridized carbons (Fsp3) is 0.389. The molecule has 2 unspecified atom stereocenters. The second-order valence-corrected chi connectivity index (χ2v) is 6.74. The average molecular weight is 331 g/mol. The Labute approximate surface area is 140 Å². The van der Waals surface area contributed by atoms with Crippen LogP contribution in [0.2, 0.25) is 0 Å². The van der Waals surface area contributed by atoms with Gasteiger partial charge in [0.05, 0.1) is 18.8 Å². The Hall–Kier alpha value is -1.85. The first-order valence-corrected chi connectivity index (χ1v) is 8.74. The SMILES string of the molecule is COc1ccccc1C(=O)N1CCCC1CC(O)c1cccs1. The van der Waals surface area contributed by atoms with E-state index in [2.05, 4.69) is 0 Å². The number of ether oxygens (including phenoxy) is 1. The Morgan fingerprint density at radius 3 is 2.96 bits per heavy atom. The van der Waals surface area contributed by atoms with E-state index in [9.17, 15) is 9.90 Å². The summed E-state index contributed by atoms with van der Waals surface area (Å²) >= 11 is 1.55. The van der Waals surface area contributed by atoms with Crippen molar-refractivity contribution in [2.24, 2.45) is 0 Å². The fourth-order valence-corrected chi connectivity index (χ4v) is 3.90. The second-order valence-electron chi connectivity index (χ2n) is 5.76. The van der Waals surface area contributed by atoms with E-state index in [1.54, 1.807) is 30.6 Å². The molecule has 2 heterocycles. The molecule has 1 fully saturated rings. The maximum absolute atomic E-state index is 12.9. The molecule has 2 aromatic rings. The number of amides is 1. The van der Waals surface area contributed by atoms with Crippen molar-refractivity contribution in [2.45, 2.75) is 31.4 Å². The van der Waals surface area contributed by atoms with Crippen molar-refractivity contribution in [3.05, 3.63) is 52.2 Å². The van der Waals surface area contributed by atoms with Crippen LogP contribution in [0.1, 0.15) is 40.6 Å². The zero-order valence-electron chi connectivity index (χ0n) is 13.1. The number of benzene rings is 1. The Bertz CT molecular complexity index is 656. The molecule has 1 aliphatic rings. The monoisotopic (exact) mass is 331 g/mol. The van der Waals surface area contributed by atoms with E-state index < -0.39 is 6.10 Å². The van der Waals surface area contributed by atoms with Crippen LogP contribution < -0.4 is 4.74 Å². The normalized spacial score (nSPS) is 18.9. The molecule has 1 aliphatic heterocycles. The molecule has 1 saturated heterocycles. The van der Waals surface area contributed by atoms with Crippen LogP contribution in [0.5, 0.6) is 5.75 Å². The summed E-state index contributed by atoms with van der Waals surface area (Å²) < 4.78 is 5.31. The standard InChI is InChI=1S/C18H21NO3S/c1-22-16-8-3-2-7-14(16)18(21)19-10-4-6-13(19)12-15(20)17-9-5-11-23-17/h2-3,5,7-9,11,13,15,20H,4,6,10,12H2,1H3. The van der Waals surface area contributed by atoms with Crippen LogP contribution in [0.15, 0.2) is 41.8 Å². The zero-order chi connectivity index (χ0) is 16.2. The Kier molecular flexibility index (Phi) is 4.98. The van der Waals surface area contributed by atoms with E-state index in [1.165, 1.54) is 0 Å². The molecule has 4 nitrogen and oxygen atoms in total. The quantitative estimate of drug-likeness (QED) is 0.912. The number of hydrogen-bond donors (Lipinski definition) is 1. The van der Waals surface area contributed by atoms with Gasteiger partial charge in [0.2, 0.25) is 0 Å². The third kappa shape index (κ3) is 3.41. The first-order chi connectivity index (χ1) is 11.2. The maximum Gasteiger partial charge on any atom is 0.257 e. The molecule has 23 heavy (non-hydrogen) atoms. The van der Waals surface area contributed by atoms with E-state index in [0.29, 0.717) is 17.7 Å². The van der Waals surface area contributed by atoms with Crippen LogP contribution in [-0.2, 0) is 0 Å². The number of para-hydroxylation sites is 1. The number of hydrogen-bond acceptors (Lipinski definition) is 4. The molecule has 0 bridgehead atoms. The van der Waals surface area contributed by atoms with Gasteiger partial charge < -0.3 is 14.7 Å². The summed E-state index contributed by atoms with van der Waals surface area (Å²) in [4.78, 5) is 15.7. The van der Waals surface area contributed by atoms with Crippen molar-refractivity contribution in [1.29, 1.82) is 0 Å². The number of methoxy groups -OCH3 is 1. The largest absolute Gasteiger partial charge is 0.496 e. The molecular formula is C18H21NO3S. The molecule has 1 aromatic heterocycles. The highest BCUT2D eigenvalue weighted by Gasteiger charge is 2.32. The van der Waals surface area contributed by atoms with Crippen molar-refractivity contribution in [3.8, 4) is 5.75 Å². The van der Waals surface area contributed by atoms with E-state index in [4.69, 9.17) is 4.74 Å². The first kappa shape index (κ1) is 16.0. The van der Waals surface area contributed by atoms with Crippen LogP contribution in [0.25, 0.3) is 0 Å². The van der Waals surface area contributed by atoms with Crippen molar-refractivity contribution in [1.82, 2.24) is 4.90 Å². The molecule has 0 aliphatic carbocycles. The van der Waals surface area contributed by atoms with Crippen LogP contribution in [-0.4, -0.2) is 35.6 Å².